The van der Waals surface area contributed by atoms with E-state index in [2.05, 4.69) is 10.3 Å². The number of halogens is 3. The highest BCUT2D eigenvalue weighted by atomic mass is 32.2. The normalized spacial score (nSPS) is 11.7. The Morgan fingerprint density at radius 3 is 2.79 bits per heavy atom. The molecule has 0 aliphatic carbocycles. The Kier molecular flexibility index (Phi) is 4.06. The van der Waals surface area contributed by atoms with Gasteiger partial charge in [-0.2, -0.15) is 24.9 Å². The average molecular weight is 242 g/mol. The molecule has 0 amide bonds. The second kappa shape index (κ2) is 4.88. The molecule has 7 heteroatoms. The lowest BCUT2D eigenvalue weighted by atomic mass is 10.5. The maximum Gasteiger partial charge on any atom is 0.427 e. The molecule has 0 fully saturated rings. The first-order valence-corrected chi connectivity index (χ1v) is 6.01. The van der Waals surface area contributed by atoms with Crippen LogP contribution in [0, 0.1) is 0 Å². The van der Waals surface area contributed by atoms with Crippen molar-refractivity contribution in [3.8, 4) is 0 Å². The van der Waals surface area contributed by atoms with E-state index in [9.17, 15) is 13.2 Å². The van der Waals surface area contributed by atoms with Gasteiger partial charge in [0.15, 0.2) is 5.13 Å². The fourth-order valence-corrected chi connectivity index (χ4v) is 1.76. The van der Waals surface area contributed by atoms with Crippen molar-refractivity contribution in [1.82, 2.24) is 4.98 Å². The van der Waals surface area contributed by atoms with Crippen LogP contribution in [0.2, 0.25) is 0 Å². The summed E-state index contributed by atoms with van der Waals surface area (Å²) in [5.74, 6) is 0.848. The zero-order valence-corrected chi connectivity index (χ0v) is 9.02. The maximum atomic E-state index is 12.1. The molecule has 0 aromatic carbocycles. The molecule has 80 valence electrons. The third kappa shape index (κ3) is 3.38. The Balaban J connectivity index is 2.51. The number of hydrogen-bond acceptors (Lipinski definition) is 4. The van der Waals surface area contributed by atoms with Crippen molar-refractivity contribution in [1.29, 1.82) is 0 Å². The lowest BCUT2D eigenvalue weighted by Gasteiger charge is -2.00. The molecule has 0 atom stereocenters. The predicted molar refractivity (Wildman–Crippen MR) is 54.0 cm³/mol. The molecular formula is C7H9F3N2S2. The van der Waals surface area contributed by atoms with Crippen molar-refractivity contribution in [3.63, 3.8) is 0 Å². The Labute approximate surface area is 87.9 Å². The Hall–Kier alpha value is -0.430. The summed E-state index contributed by atoms with van der Waals surface area (Å²) in [4.78, 5) is 2.97. The molecule has 1 N–H and O–H groups in total. The average Bonchev–Trinajstić information content (AvgIpc) is 2.52. The topological polar surface area (TPSA) is 24.9 Å². The zero-order valence-electron chi connectivity index (χ0n) is 7.39. The van der Waals surface area contributed by atoms with Gasteiger partial charge in [-0.1, -0.05) is 11.3 Å². The lowest BCUT2D eigenvalue weighted by molar-refractivity contribution is -0.134. The van der Waals surface area contributed by atoms with E-state index >= 15 is 0 Å². The largest absolute Gasteiger partial charge is 0.427 e. The van der Waals surface area contributed by atoms with Crippen molar-refractivity contribution < 1.29 is 13.2 Å². The Morgan fingerprint density at radius 1 is 1.57 bits per heavy atom. The quantitative estimate of drug-likeness (QED) is 0.822. The number of aromatic nitrogens is 1. The SMILES string of the molecule is CSCCNc1ncc(C(F)(F)F)s1. The first-order valence-electron chi connectivity index (χ1n) is 3.80. The molecule has 0 bridgehead atoms. The molecule has 0 radical (unpaired) electrons. The van der Waals surface area contributed by atoms with E-state index in [0.29, 0.717) is 23.0 Å². The summed E-state index contributed by atoms with van der Waals surface area (Å²) in [6, 6.07) is 0. The summed E-state index contributed by atoms with van der Waals surface area (Å²) < 4.78 is 36.4. The lowest BCUT2D eigenvalue weighted by Crippen LogP contribution is -2.03. The number of thioether (sulfide) groups is 1. The molecule has 0 unspecified atom stereocenters. The molecule has 2 nitrogen and oxygen atoms in total. The number of anilines is 1. The standard InChI is InChI=1S/C7H9F3N2S2/c1-13-3-2-11-6-12-4-5(14-6)7(8,9)10/h4H,2-3H2,1H3,(H,11,12). The molecule has 0 aliphatic rings. The van der Waals surface area contributed by atoms with E-state index in [0.717, 1.165) is 11.9 Å². The monoisotopic (exact) mass is 242 g/mol. The van der Waals surface area contributed by atoms with Crippen LogP contribution in [-0.4, -0.2) is 23.5 Å². The first kappa shape index (κ1) is 11.6. The van der Waals surface area contributed by atoms with Crippen molar-refractivity contribution in [2.75, 3.05) is 23.9 Å². The van der Waals surface area contributed by atoms with Crippen LogP contribution in [0.4, 0.5) is 18.3 Å². The van der Waals surface area contributed by atoms with Crippen LogP contribution in [-0.2, 0) is 6.18 Å². The van der Waals surface area contributed by atoms with Crippen LogP contribution in [0.15, 0.2) is 6.20 Å². The second-order valence-electron chi connectivity index (χ2n) is 2.45. The minimum atomic E-state index is -4.28. The Morgan fingerprint density at radius 2 is 2.29 bits per heavy atom. The van der Waals surface area contributed by atoms with E-state index in [1.165, 1.54) is 0 Å². The van der Waals surface area contributed by atoms with Crippen molar-refractivity contribution in [2.24, 2.45) is 0 Å². The first-order chi connectivity index (χ1) is 6.54. The molecular weight excluding hydrogens is 233 g/mol. The van der Waals surface area contributed by atoms with Gasteiger partial charge in [-0.15, -0.1) is 0 Å². The molecule has 1 rings (SSSR count). The van der Waals surface area contributed by atoms with E-state index in [1.54, 1.807) is 11.8 Å². The van der Waals surface area contributed by atoms with Gasteiger partial charge in [-0.05, 0) is 6.26 Å². The summed E-state index contributed by atoms with van der Waals surface area (Å²) in [5.41, 5.74) is 0. The number of rotatable bonds is 4. The fraction of sp³-hybridized carbons (Fsp3) is 0.571. The second-order valence-corrected chi connectivity index (χ2v) is 4.46. The van der Waals surface area contributed by atoms with Gasteiger partial charge < -0.3 is 5.32 Å². The van der Waals surface area contributed by atoms with Gasteiger partial charge in [0.05, 0.1) is 6.20 Å². The summed E-state index contributed by atoms with van der Waals surface area (Å²) in [6.45, 7) is 0.631. The number of nitrogens with zero attached hydrogens (tertiary/aromatic N) is 1. The number of alkyl halides is 3. The highest BCUT2D eigenvalue weighted by Gasteiger charge is 2.33. The van der Waals surface area contributed by atoms with Crippen LogP contribution in [0.3, 0.4) is 0 Å². The third-order valence-corrected chi connectivity index (χ3v) is 2.98. The van der Waals surface area contributed by atoms with Gasteiger partial charge in [0.2, 0.25) is 0 Å². The van der Waals surface area contributed by atoms with E-state index in [4.69, 9.17) is 0 Å². The van der Waals surface area contributed by atoms with Gasteiger partial charge >= 0.3 is 6.18 Å². The minimum absolute atomic E-state index is 0.325. The highest BCUT2D eigenvalue weighted by Crippen LogP contribution is 2.34. The smallest absolute Gasteiger partial charge is 0.361 e. The molecule has 0 spiro atoms. The van der Waals surface area contributed by atoms with Gasteiger partial charge in [-0.25, -0.2) is 4.98 Å². The van der Waals surface area contributed by atoms with Crippen LogP contribution in [0.5, 0.6) is 0 Å². The molecule has 0 saturated heterocycles. The van der Waals surface area contributed by atoms with Gasteiger partial charge in [0.1, 0.15) is 4.88 Å². The zero-order chi connectivity index (χ0) is 10.6. The van der Waals surface area contributed by atoms with Crippen molar-refractivity contribution in [3.05, 3.63) is 11.1 Å². The van der Waals surface area contributed by atoms with Crippen molar-refractivity contribution >= 4 is 28.2 Å². The van der Waals surface area contributed by atoms with E-state index in [-0.39, 0.29) is 0 Å². The summed E-state index contributed by atoms with van der Waals surface area (Å²) in [5, 5.41) is 3.15. The summed E-state index contributed by atoms with van der Waals surface area (Å²) >= 11 is 2.26. The van der Waals surface area contributed by atoms with Crippen LogP contribution in [0.1, 0.15) is 4.88 Å². The minimum Gasteiger partial charge on any atom is -0.361 e. The molecule has 1 aromatic heterocycles. The number of nitrogens with one attached hydrogen (secondary N) is 1. The summed E-state index contributed by atoms with van der Waals surface area (Å²) in [6.07, 6.45) is -1.49. The van der Waals surface area contributed by atoms with Gasteiger partial charge in [0, 0.05) is 12.3 Å². The Bertz CT molecular complexity index is 285. The molecule has 1 heterocycles. The van der Waals surface area contributed by atoms with Crippen LogP contribution >= 0.6 is 23.1 Å². The van der Waals surface area contributed by atoms with Gasteiger partial charge in [-0.3, -0.25) is 0 Å². The molecule has 1 aromatic rings. The molecule has 0 saturated carbocycles. The number of thiazole rings is 1. The van der Waals surface area contributed by atoms with Crippen LogP contribution in [0.25, 0.3) is 0 Å². The van der Waals surface area contributed by atoms with Crippen molar-refractivity contribution in [2.45, 2.75) is 6.18 Å². The molecule has 14 heavy (non-hydrogen) atoms. The maximum absolute atomic E-state index is 12.1. The highest BCUT2D eigenvalue weighted by molar-refractivity contribution is 7.98. The predicted octanol–water partition coefficient (Wildman–Crippen LogP) is 2.94. The fourth-order valence-electron chi connectivity index (χ4n) is 0.747. The van der Waals surface area contributed by atoms with E-state index < -0.39 is 11.1 Å². The molecule has 0 aliphatic heterocycles. The van der Waals surface area contributed by atoms with Gasteiger partial charge in [0.25, 0.3) is 0 Å². The number of hydrogen-bond donors (Lipinski definition) is 1. The summed E-state index contributed by atoms with van der Waals surface area (Å²) in [7, 11) is 0. The van der Waals surface area contributed by atoms with Crippen LogP contribution < -0.4 is 5.32 Å². The van der Waals surface area contributed by atoms with E-state index in [1.807, 2.05) is 6.26 Å². The third-order valence-electron chi connectivity index (χ3n) is 1.37.